The van der Waals surface area contributed by atoms with E-state index in [4.69, 9.17) is 4.74 Å². The van der Waals surface area contributed by atoms with Gasteiger partial charge in [-0.25, -0.2) is 13.2 Å². The minimum atomic E-state index is -3.23. The summed E-state index contributed by atoms with van der Waals surface area (Å²) in [5.74, 6) is 0.909. The number of hydrogen-bond donors (Lipinski definition) is 0. The Bertz CT molecular complexity index is 618. The largest absolute Gasteiger partial charge is 0.458 e. The SMILES string of the molecule is CS(=O)(=O)c1ccc(C(=O)OC2CC3CCC2C3)cc1. The molecule has 0 N–H and O–H groups in total. The van der Waals surface area contributed by atoms with Crippen molar-refractivity contribution in [3.63, 3.8) is 0 Å². The molecule has 0 aromatic heterocycles. The van der Waals surface area contributed by atoms with E-state index in [1.165, 1.54) is 37.1 Å². The van der Waals surface area contributed by atoms with Gasteiger partial charge in [-0.2, -0.15) is 0 Å². The zero-order valence-corrected chi connectivity index (χ0v) is 12.2. The second-order valence-corrected chi connectivity index (χ2v) is 7.93. The minimum absolute atomic E-state index is 0.0517. The zero-order valence-electron chi connectivity index (χ0n) is 11.4. The fourth-order valence-electron chi connectivity index (χ4n) is 3.37. The first kappa shape index (κ1) is 13.6. The fraction of sp³-hybridized carbons (Fsp3) is 0.533. The van der Waals surface area contributed by atoms with E-state index in [1.807, 2.05) is 0 Å². The van der Waals surface area contributed by atoms with Gasteiger partial charge in [0.25, 0.3) is 0 Å². The summed E-state index contributed by atoms with van der Waals surface area (Å²) in [5.41, 5.74) is 0.417. The number of esters is 1. The zero-order chi connectivity index (χ0) is 14.3. The molecule has 2 aliphatic carbocycles. The van der Waals surface area contributed by atoms with Gasteiger partial charge < -0.3 is 4.74 Å². The van der Waals surface area contributed by atoms with Gasteiger partial charge in [-0.3, -0.25) is 0 Å². The molecule has 0 amide bonds. The minimum Gasteiger partial charge on any atom is -0.458 e. The molecule has 1 aromatic carbocycles. The molecule has 0 heterocycles. The molecule has 0 saturated heterocycles. The molecule has 5 heteroatoms. The second-order valence-electron chi connectivity index (χ2n) is 5.92. The summed E-state index contributed by atoms with van der Waals surface area (Å²) in [6.45, 7) is 0. The molecule has 3 unspecified atom stereocenters. The third kappa shape index (κ3) is 2.59. The fourth-order valence-corrected chi connectivity index (χ4v) is 4.00. The van der Waals surface area contributed by atoms with E-state index in [9.17, 15) is 13.2 Å². The van der Waals surface area contributed by atoms with E-state index in [1.54, 1.807) is 0 Å². The van der Waals surface area contributed by atoms with E-state index in [2.05, 4.69) is 0 Å². The smallest absolute Gasteiger partial charge is 0.338 e. The van der Waals surface area contributed by atoms with Crippen LogP contribution in [0.1, 0.15) is 36.0 Å². The van der Waals surface area contributed by atoms with Crippen LogP contribution in [0.3, 0.4) is 0 Å². The van der Waals surface area contributed by atoms with E-state index in [-0.39, 0.29) is 17.0 Å². The van der Waals surface area contributed by atoms with Crippen LogP contribution in [0.25, 0.3) is 0 Å². The van der Waals surface area contributed by atoms with Gasteiger partial charge in [0.1, 0.15) is 6.10 Å². The Morgan fingerprint density at radius 1 is 1.15 bits per heavy atom. The van der Waals surface area contributed by atoms with Crippen LogP contribution in [0.4, 0.5) is 0 Å². The maximum absolute atomic E-state index is 12.1. The molecule has 3 rings (SSSR count). The van der Waals surface area contributed by atoms with Gasteiger partial charge >= 0.3 is 5.97 Å². The number of ether oxygens (including phenoxy) is 1. The van der Waals surface area contributed by atoms with Crippen LogP contribution in [0.2, 0.25) is 0 Å². The lowest BCUT2D eigenvalue weighted by Crippen LogP contribution is -2.24. The van der Waals surface area contributed by atoms with Crippen molar-refractivity contribution in [1.29, 1.82) is 0 Å². The van der Waals surface area contributed by atoms with Crippen LogP contribution in [0.15, 0.2) is 29.2 Å². The number of sulfone groups is 1. The van der Waals surface area contributed by atoms with E-state index < -0.39 is 9.84 Å². The highest BCUT2D eigenvalue weighted by Crippen LogP contribution is 2.46. The van der Waals surface area contributed by atoms with Crippen molar-refractivity contribution >= 4 is 15.8 Å². The van der Waals surface area contributed by atoms with Crippen LogP contribution in [-0.2, 0) is 14.6 Å². The van der Waals surface area contributed by atoms with Gasteiger partial charge in [0.2, 0.25) is 0 Å². The van der Waals surface area contributed by atoms with Crippen LogP contribution >= 0.6 is 0 Å². The molecule has 3 atom stereocenters. The summed E-state index contributed by atoms with van der Waals surface area (Å²) < 4.78 is 28.3. The van der Waals surface area contributed by atoms with Crippen molar-refractivity contribution in [2.45, 2.75) is 36.7 Å². The second kappa shape index (κ2) is 4.88. The van der Waals surface area contributed by atoms with Gasteiger partial charge in [0.05, 0.1) is 10.5 Å². The molecule has 2 fully saturated rings. The Labute approximate surface area is 119 Å². The van der Waals surface area contributed by atoms with Crippen LogP contribution in [-0.4, -0.2) is 26.7 Å². The molecule has 20 heavy (non-hydrogen) atoms. The highest BCUT2D eigenvalue weighted by molar-refractivity contribution is 7.90. The van der Waals surface area contributed by atoms with E-state index >= 15 is 0 Å². The lowest BCUT2D eigenvalue weighted by molar-refractivity contribution is 0.0158. The summed E-state index contributed by atoms with van der Waals surface area (Å²) in [6, 6.07) is 5.94. The number of carbonyl (C=O) groups excluding carboxylic acids is 1. The third-order valence-electron chi connectivity index (χ3n) is 4.45. The van der Waals surface area contributed by atoms with Gasteiger partial charge in [-0.15, -0.1) is 0 Å². The molecule has 4 nitrogen and oxygen atoms in total. The summed E-state index contributed by atoms with van der Waals surface area (Å²) >= 11 is 0. The Hall–Kier alpha value is -1.36. The normalized spacial score (nSPS) is 28.6. The maximum atomic E-state index is 12.1. The Balaban J connectivity index is 1.68. The number of carbonyl (C=O) groups is 1. The molecule has 0 aliphatic heterocycles. The van der Waals surface area contributed by atoms with Crippen molar-refractivity contribution in [3.05, 3.63) is 29.8 Å². The summed E-state index contributed by atoms with van der Waals surface area (Å²) in [5, 5.41) is 0. The van der Waals surface area contributed by atoms with Crippen LogP contribution in [0, 0.1) is 11.8 Å². The van der Waals surface area contributed by atoms with Crippen molar-refractivity contribution < 1.29 is 17.9 Å². The first-order valence-electron chi connectivity index (χ1n) is 6.94. The third-order valence-corrected chi connectivity index (χ3v) is 5.58. The van der Waals surface area contributed by atoms with Crippen LogP contribution in [0.5, 0.6) is 0 Å². The number of benzene rings is 1. The van der Waals surface area contributed by atoms with Gasteiger partial charge in [-0.05, 0) is 61.8 Å². The molecule has 2 aliphatic rings. The summed E-state index contributed by atoms with van der Waals surface area (Å²) in [7, 11) is -3.23. The van der Waals surface area contributed by atoms with Gasteiger partial charge in [-0.1, -0.05) is 0 Å². The first-order valence-corrected chi connectivity index (χ1v) is 8.84. The van der Waals surface area contributed by atoms with Crippen molar-refractivity contribution in [2.75, 3.05) is 6.26 Å². The first-order chi connectivity index (χ1) is 9.43. The molecule has 2 bridgehead atoms. The Morgan fingerprint density at radius 2 is 1.85 bits per heavy atom. The topological polar surface area (TPSA) is 60.4 Å². The Kier molecular flexibility index (Phi) is 3.32. The van der Waals surface area contributed by atoms with Gasteiger partial charge in [0.15, 0.2) is 9.84 Å². The standard InChI is InChI=1S/C15H18O4S/c1-20(17,18)13-6-4-11(5-7-13)15(16)19-14-9-10-2-3-12(14)8-10/h4-7,10,12,14H,2-3,8-9H2,1H3. The maximum Gasteiger partial charge on any atom is 0.338 e. The molecular formula is C15H18O4S. The molecule has 0 radical (unpaired) electrons. The summed E-state index contributed by atoms with van der Waals surface area (Å²) in [6.07, 6.45) is 5.80. The predicted molar refractivity (Wildman–Crippen MR) is 74.2 cm³/mol. The predicted octanol–water partition coefficient (Wildman–Crippen LogP) is 2.44. The Morgan fingerprint density at radius 3 is 2.35 bits per heavy atom. The van der Waals surface area contributed by atoms with Crippen molar-refractivity contribution in [2.24, 2.45) is 11.8 Å². The average Bonchev–Trinajstić information content (AvgIpc) is 3.00. The number of hydrogen-bond acceptors (Lipinski definition) is 4. The highest BCUT2D eigenvalue weighted by atomic mass is 32.2. The average molecular weight is 294 g/mol. The van der Waals surface area contributed by atoms with Crippen LogP contribution < -0.4 is 0 Å². The lowest BCUT2D eigenvalue weighted by Gasteiger charge is -2.21. The quantitative estimate of drug-likeness (QED) is 0.803. The molecule has 2 saturated carbocycles. The van der Waals surface area contributed by atoms with Crippen molar-refractivity contribution in [3.8, 4) is 0 Å². The molecule has 0 spiro atoms. The monoisotopic (exact) mass is 294 g/mol. The van der Waals surface area contributed by atoms with Crippen molar-refractivity contribution in [1.82, 2.24) is 0 Å². The molecular weight excluding hydrogens is 276 g/mol. The van der Waals surface area contributed by atoms with E-state index in [0.29, 0.717) is 11.5 Å². The lowest BCUT2D eigenvalue weighted by atomic mass is 9.98. The number of rotatable bonds is 3. The molecule has 1 aromatic rings. The summed E-state index contributed by atoms with van der Waals surface area (Å²) in [4.78, 5) is 12.3. The highest BCUT2D eigenvalue weighted by Gasteiger charge is 2.41. The molecule has 108 valence electrons. The number of fused-ring (bicyclic) bond motifs is 2. The van der Waals surface area contributed by atoms with E-state index in [0.717, 1.165) is 25.0 Å². The van der Waals surface area contributed by atoms with Gasteiger partial charge in [0, 0.05) is 6.26 Å².